The zero-order valence-electron chi connectivity index (χ0n) is 13.3. The van der Waals surface area contributed by atoms with Crippen LogP contribution in [0.1, 0.15) is 51.5 Å². The Hall–Kier alpha value is -1.36. The number of hydrogen-bond donors (Lipinski definition) is 2. The highest BCUT2D eigenvalue weighted by atomic mass is 16.3. The first-order valence-electron chi connectivity index (χ1n) is 8.27. The van der Waals surface area contributed by atoms with Crippen molar-refractivity contribution in [1.29, 1.82) is 0 Å². The van der Waals surface area contributed by atoms with Gasteiger partial charge in [-0.05, 0) is 32.1 Å². The maximum atomic E-state index is 9.65. The molecule has 1 saturated heterocycles. The number of nitrogens with one attached hydrogen (secondary N) is 1. The van der Waals surface area contributed by atoms with E-state index in [9.17, 15) is 5.11 Å². The molecule has 1 unspecified atom stereocenters. The zero-order valence-corrected chi connectivity index (χ0v) is 13.3. The van der Waals surface area contributed by atoms with Crippen molar-refractivity contribution < 1.29 is 5.11 Å². The van der Waals surface area contributed by atoms with Gasteiger partial charge >= 0.3 is 0 Å². The summed E-state index contributed by atoms with van der Waals surface area (Å²) in [6, 6.07) is 0.197. The van der Waals surface area contributed by atoms with E-state index < -0.39 is 0 Å². The molecule has 0 amide bonds. The molecule has 0 aromatic carbocycles. The van der Waals surface area contributed by atoms with Gasteiger partial charge in [0, 0.05) is 18.7 Å². The first kappa shape index (κ1) is 16.0. The van der Waals surface area contributed by atoms with E-state index in [0.29, 0.717) is 0 Å². The summed E-state index contributed by atoms with van der Waals surface area (Å²) in [6.45, 7) is 6.44. The fourth-order valence-electron chi connectivity index (χ4n) is 3.00. The molecule has 1 aromatic rings. The summed E-state index contributed by atoms with van der Waals surface area (Å²) in [6.07, 6.45) is 8.17. The molecular formula is C16H28N4O. The molecule has 0 spiro atoms. The van der Waals surface area contributed by atoms with E-state index in [1.54, 1.807) is 6.33 Å². The number of rotatable bonds is 7. The van der Waals surface area contributed by atoms with Crippen molar-refractivity contribution in [3.8, 4) is 0 Å². The van der Waals surface area contributed by atoms with Gasteiger partial charge in [-0.1, -0.05) is 20.3 Å². The molecule has 5 heteroatoms. The average molecular weight is 292 g/mol. The van der Waals surface area contributed by atoms with Crippen LogP contribution >= 0.6 is 0 Å². The molecule has 5 nitrogen and oxygen atoms in total. The van der Waals surface area contributed by atoms with Crippen molar-refractivity contribution in [3.05, 3.63) is 11.9 Å². The fourth-order valence-corrected chi connectivity index (χ4v) is 3.00. The molecule has 0 bridgehead atoms. The van der Waals surface area contributed by atoms with Crippen LogP contribution in [0.15, 0.2) is 6.33 Å². The molecule has 0 saturated carbocycles. The summed E-state index contributed by atoms with van der Waals surface area (Å²) < 4.78 is 0. The van der Waals surface area contributed by atoms with Crippen molar-refractivity contribution in [2.45, 2.75) is 58.4 Å². The number of nitrogens with zero attached hydrogens (tertiary/aromatic N) is 3. The minimum absolute atomic E-state index is 0.197. The lowest BCUT2D eigenvalue weighted by Gasteiger charge is -2.36. The molecule has 0 aliphatic carbocycles. The molecule has 2 N–H and O–H groups in total. The summed E-state index contributed by atoms with van der Waals surface area (Å²) >= 11 is 0. The third kappa shape index (κ3) is 3.84. The van der Waals surface area contributed by atoms with Gasteiger partial charge in [0.25, 0.3) is 0 Å². The van der Waals surface area contributed by atoms with Gasteiger partial charge in [-0.3, -0.25) is 0 Å². The number of aliphatic hydroxyl groups is 1. The molecule has 1 fully saturated rings. The minimum atomic E-state index is 0.197. The van der Waals surface area contributed by atoms with Crippen molar-refractivity contribution in [2.24, 2.45) is 0 Å². The number of piperidine rings is 1. The van der Waals surface area contributed by atoms with Crippen LogP contribution < -0.4 is 10.2 Å². The van der Waals surface area contributed by atoms with Gasteiger partial charge in [0.05, 0.1) is 12.6 Å². The lowest BCUT2D eigenvalue weighted by molar-refractivity contribution is 0.239. The van der Waals surface area contributed by atoms with Crippen molar-refractivity contribution >= 4 is 11.6 Å². The maximum Gasteiger partial charge on any atom is 0.137 e. The van der Waals surface area contributed by atoms with Crippen LogP contribution in [0.5, 0.6) is 0 Å². The lowest BCUT2D eigenvalue weighted by Crippen LogP contribution is -2.43. The van der Waals surface area contributed by atoms with Gasteiger partial charge in [-0.2, -0.15) is 0 Å². The largest absolute Gasteiger partial charge is 0.394 e. The van der Waals surface area contributed by atoms with E-state index >= 15 is 0 Å². The van der Waals surface area contributed by atoms with E-state index in [-0.39, 0.29) is 12.6 Å². The Labute approximate surface area is 127 Å². The van der Waals surface area contributed by atoms with E-state index in [1.807, 2.05) is 0 Å². The van der Waals surface area contributed by atoms with Crippen LogP contribution in [-0.4, -0.2) is 40.8 Å². The standard InChI is InChI=1S/C16H28N4O/c1-3-7-14-15(17-9-4-2)18-12-19-16(14)20-10-6-5-8-13(20)11-21/h12-13,21H,3-11H2,1-2H3,(H,17,18,19). The van der Waals surface area contributed by atoms with E-state index in [1.165, 1.54) is 18.4 Å². The van der Waals surface area contributed by atoms with Crippen LogP contribution in [0, 0.1) is 0 Å². The topological polar surface area (TPSA) is 61.3 Å². The van der Waals surface area contributed by atoms with Gasteiger partial charge in [0.15, 0.2) is 0 Å². The second-order valence-electron chi connectivity index (χ2n) is 5.73. The van der Waals surface area contributed by atoms with Gasteiger partial charge in [0.1, 0.15) is 18.0 Å². The van der Waals surface area contributed by atoms with Crippen LogP contribution in [0.25, 0.3) is 0 Å². The number of aromatic nitrogens is 2. The maximum absolute atomic E-state index is 9.65. The molecule has 1 atom stereocenters. The fraction of sp³-hybridized carbons (Fsp3) is 0.750. The Morgan fingerprint density at radius 1 is 1.29 bits per heavy atom. The molecular weight excluding hydrogens is 264 g/mol. The SMILES string of the molecule is CCCNc1ncnc(N2CCCCC2CO)c1CCC. The highest BCUT2D eigenvalue weighted by Gasteiger charge is 2.26. The molecule has 2 rings (SSSR count). The van der Waals surface area contributed by atoms with Crippen molar-refractivity contribution in [1.82, 2.24) is 9.97 Å². The van der Waals surface area contributed by atoms with Crippen LogP contribution in [0.2, 0.25) is 0 Å². The third-order valence-corrected chi connectivity index (χ3v) is 4.08. The number of hydrogen-bond acceptors (Lipinski definition) is 5. The second-order valence-corrected chi connectivity index (χ2v) is 5.73. The predicted octanol–water partition coefficient (Wildman–Crippen LogP) is 2.60. The summed E-state index contributed by atoms with van der Waals surface area (Å²) in [7, 11) is 0. The summed E-state index contributed by atoms with van der Waals surface area (Å²) in [5, 5.41) is 13.1. The Kier molecular flexibility index (Phi) is 6.23. The lowest BCUT2D eigenvalue weighted by atomic mass is 10.0. The van der Waals surface area contributed by atoms with Crippen LogP contribution in [-0.2, 0) is 6.42 Å². The van der Waals surface area contributed by atoms with Gasteiger partial charge in [0.2, 0.25) is 0 Å². The summed E-state index contributed by atoms with van der Waals surface area (Å²) in [5.41, 5.74) is 1.20. The Morgan fingerprint density at radius 2 is 2.14 bits per heavy atom. The molecule has 1 aliphatic heterocycles. The number of aliphatic hydroxyl groups excluding tert-OH is 1. The highest BCUT2D eigenvalue weighted by molar-refractivity contribution is 5.59. The summed E-state index contributed by atoms with van der Waals surface area (Å²) in [4.78, 5) is 11.3. The predicted molar refractivity (Wildman–Crippen MR) is 86.9 cm³/mol. The molecule has 21 heavy (non-hydrogen) atoms. The monoisotopic (exact) mass is 292 g/mol. The zero-order chi connectivity index (χ0) is 15.1. The number of anilines is 2. The quantitative estimate of drug-likeness (QED) is 0.809. The van der Waals surface area contributed by atoms with E-state index in [4.69, 9.17) is 0 Å². The molecule has 1 aromatic heterocycles. The van der Waals surface area contributed by atoms with Crippen LogP contribution in [0.4, 0.5) is 11.6 Å². The van der Waals surface area contributed by atoms with Crippen molar-refractivity contribution in [3.63, 3.8) is 0 Å². The Bertz CT molecular complexity index is 438. The first-order valence-corrected chi connectivity index (χ1v) is 8.27. The second kappa shape index (κ2) is 8.17. The molecule has 2 heterocycles. The normalized spacial score (nSPS) is 18.8. The first-order chi connectivity index (χ1) is 10.3. The van der Waals surface area contributed by atoms with Gasteiger partial charge in [-0.15, -0.1) is 0 Å². The van der Waals surface area contributed by atoms with Gasteiger partial charge < -0.3 is 15.3 Å². The Balaban J connectivity index is 2.31. The van der Waals surface area contributed by atoms with Gasteiger partial charge in [-0.25, -0.2) is 9.97 Å². The Morgan fingerprint density at radius 3 is 2.86 bits per heavy atom. The van der Waals surface area contributed by atoms with Crippen molar-refractivity contribution in [2.75, 3.05) is 29.9 Å². The molecule has 0 radical (unpaired) electrons. The summed E-state index contributed by atoms with van der Waals surface area (Å²) in [5.74, 6) is 1.98. The van der Waals surface area contributed by atoms with E-state index in [2.05, 4.69) is 34.0 Å². The smallest absolute Gasteiger partial charge is 0.137 e. The average Bonchev–Trinajstić information content (AvgIpc) is 2.54. The molecule has 1 aliphatic rings. The molecule has 118 valence electrons. The van der Waals surface area contributed by atoms with Crippen LogP contribution in [0.3, 0.4) is 0 Å². The highest BCUT2D eigenvalue weighted by Crippen LogP contribution is 2.30. The third-order valence-electron chi connectivity index (χ3n) is 4.08. The minimum Gasteiger partial charge on any atom is -0.394 e. The van der Waals surface area contributed by atoms with E-state index in [0.717, 1.165) is 50.4 Å².